The van der Waals surface area contributed by atoms with Crippen LogP contribution in [0.4, 0.5) is 0 Å². The third-order valence-corrected chi connectivity index (χ3v) is 4.02. The smallest absolute Gasteiger partial charge is 0.274 e. The predicted octanol–water partition coefficient (Wildman–Crippen LogP) is 2.24. The molecular formula is C17H26N4O3S. The van der Waals surface area contributed by atoms with E-state index >= 15 is 0 Å². The summed E-state index contributed by atoms with van der Waals surface area (Å²) in [4.78, 5) is 12.2. The van der Waals surface area contributed by atoms with Crippen molar-refractivity contribution in [2.75, 3.05) is 32.9 Å². The van der Waals surface area contributed by atoms with Gasteiger partial charge in [-0.2, -0.15) is 11.8 Å². The van der Waals surface area contributed by atoms with E-state index in [0.29, 0.717) is 25.3 Å². The van der Waals surface area contributed by atoms with Gasteiger partial charge in [0, 0.05) is 25.3 Å². The lowest BCUT2D eigenvalue weighted by Crippen LogP contribution is -2.29. The highest BCUT2D eigenvalue weighted by atomic mass is 32.2. The molecule has 0 fully saturated rings. The van der Waals surface area contributed by atoms with E-state index in [1.165, 1.54) is 0 Å². The lowest BCUT2D eigenvalue weighted by Gasteiger charge is -2.10. The van der Waals surface area contributed by atoms with Crippen LogP contribution in [0, 0.1) is 22.5 Å². The first-order valence-electron chi connectivity index (χ1n) is 8.08. The third-order valence-electron chi connectivity index (χ3n) is 3.04. The summed E-state index contributed by atoms with van der Waals surface area (Å²) in [5.74, 6) is 6.43. The van der Waals surface area contributed by atoms with E-state index < -0.39 is 4.92 Å². The summed E-state index contributed by atoms with van der Waals surface area (Å²) in [6, 6.07) is 3.98. The molecule has 7 nitrogen and oxygen atoms in total. The van der Waals surface area contributed by atoms with E-state index in [9.17, 15) is 10.1 Å². The average molecular weight is 366 g/mol. The first kappa shape index (κ1) is 20.9. The largest absolute Gasteiger partial charge is 0.464 e. The molecule has 0 aliphatic heterocycles. The Bertz CT molecular complexity index is 593. The van der Waals surface area contributed by atoms with Gasteiger partial charge in [0.1, 0.15) is 11.5 Å². The van der Waals surface area contributed by atoms with Crippen LogP contribution >= 0.6 is 11.8 Å². The van der Waals surface area contributed by atoms with Gasteiger partial charge in [0.15, 0.2) is 5.82 Å². The number of nitrogens with zero attached hydrogens (tertiary/aromatic N) is 2. The molecule has 1 heterocycles. The quantitative estimate of drug-likeness (QED) is 0.240. The first-order chi connectivity index (χ1) is 12.0. The van der Waals surface area contributed by atoms with E-state index in [0.717, 1.165) is 42.2 Å². The van der Waals surface area contributed by atoms with Crippen LogP contribution in [0.2, 0.25) is 0 Å². The molecule has 0 amide bonds. The van der Waals surface area contributed by atoms with Crippen LogP contribution < -0.4 is 10.6 Å². The van der Waals surface area contributed by atoms with Gasteiger partial charge < -0.3 is 20.0 Å². The molecule has 0 spiro atoms. The summed E-state index contributed by atoms with van der Waals surface area (Å²) < 4.78 is 5.74. The molecule has 25 heavy (non-hydrogen) atoms. The third kappa shape index (κ3) is 10.4. The number of nitro groups is 1. The van der Waals surface area contributed by atoms with Crippen molar-refractivity contribution >= 4 is 11.8 Å². The predicted molar refractivity (Wildman–Crippen MR) is 101 cm³/mol. The van der Waals surface area contributed by atoms with E-state index in [4.69, 9.17) is 10.8 Å². The second-order valence-corrected chi connectivity index (χ2v) is 6.75. The minimum absolute atomic E-state index is 0.411. The van der Waals surface area contributed by atoms with Crippen LogP contribution in [0.1, 0.15) is 24.4 Å². The number of nitrogens with one attached hydrogen (secondary N) is 2. The van der Waals surface area contributed by atoms with E-state index in [1.807, 2.05) is 26.2 Å². The minimum atomic E-state index is -0.473. The maximum absolute atomic E-state index is 10.6. The molecular weight excluding hydrogens is 340 g/mol. The highest BCUT2D eigenvalue weighted by Gasteiger charge is 2.04. The first-order valence-corrected chi connectivity index (χ1v) is 9.23. The normalized spacial score (nSPS) is 11.4. The SMILES string of the molecule is C#CCCCN/C(=C/[N+](=O)[O-])NCCSCc1ccc(CN(C)C)o1. The molecule has 0 atom stereocenters. The van der Waals surface area contributed by atoms with E-state index in [1.54, 1.807) is 11.8 Å². The summed E-state index contributed by atoms with van der Waals surface area (Å²) in [5.41, 5.74) is 0. The van der Waals surface area contributed by atoms with Gasteiger partial charge in [0.2, 0.25) is 0 Å². The van der Waals surface area contributed by atoms with Crippen molar-refractivity contribution < 1.29 is 9.34 Å². The lowest BCUT2D eigenvalue weighted by atomic mass is 10.3. The van der Waals surface area contributed by atoms with E-state index in [-0.39, 0.29) is 0 Å². The Morgan fingerprint density at radius 2 is 2.12 bits per heavy atom. The Balaban J connectivity index is 2.25. The van der Waals surface area contributed by atoms with Crippen molar-refractivity contribution in [1.82, 2.24) is 15.5 Å². The van der Waals surface area contributed by atoms with Gasteiger partial charge in [-0.1, -0.05) is 0 Å². The second kappa shape index (κ2) is 12.3. The molecule has 0 aliphatic carbocycles. The van der Waals surface area contributed by atoms with Crippen LogP contribution in [0.15, 0.2) is 28.6 Å². The van der Waals surface area contributed by atoms with Crippen molar-refractivity contribution in [3.05, 3.63) is 45.8 Å². The number of rotatable bonds is 13. The zero-order valence-electron chi connectivity index (χ0n) is 14.8. The summed E-state index contributed by atoms with van der Waals surface area (Å²) in [6.07, 6.45) is 7.55. The molecule has 0 radical (unpaired) electrons. The number of furan rings is 1. The van der Waals surface area contributed by atoms with Gasteiger partial charge in [0.25, 0.3) is 6.20 Å². The number of hydrogen-bond donors (Lipinski definition) is 2. The number of thioether (sulfide) groups is 1. The molecule has 2 N–H and O–H groups in total. The van der Waals surface area contributed by atoms with Crippen molar-refractivity contribution in [3.63, 3.8) is 0 Å². The standard InChI is InChI=1S/C17H26N4O3S/c1-4-5-6-9-18-17(13-21(22)23)19-10-11-25-14-16-8-7-15(24-16)12-20(2)3/h1,7-8,13,18-19H,5-6,9-12,14H2,2-3H3/b17-13-. The molecule has 0 bridgehead atoms. The fourth-order valence-electron chi connectivity index (χ4n) is 2.00. The highest BCUT2D eigenvalue weighted by molar-refractivity contribution is 7.98. The number of unbranched alkanes of at least 4 members (excludes halogenated alkanes) is 1. The molecule has 1 aromatic rings. The molecule has 138 valence electrons. The zero-order chi connectivity index (χ0) is 18.5. The molecule has 0 saturated carbocycles. The van der Waals surface area contributed by atoms with Gasteiger partial charge in [-0.25, -0.2) is 0 Å². The maximum Gasteiger partial charge on any atom is 0.274 e. The highest BCUT2D eigenvalue weighted by Crippen LogP contribution is 2.15. The number of hydrogen-bond acceptors (Lipinski definition) is 7. The second-order valence-electron chi connectivity index (χ2n) is 5.65. The molecule has 8 heteroatoms. The molecule has 0 aromatic carbocycles. The van der Waals surface area contributed by atoms with Crippen LogP contribution in [0.5, 0.6) is 0 Å². The Morgan fingerprint density at radius 1 is 1.40 bits per heavy atom. The minimum Gasteiger partial charge on any atom is -0.464 e. The van der Waals surface area contributed by atoms with Gasteiger partial charge in [-0.15, -0.1) is 12.3 Å². The Kier molecular flexibility index (Phi) is 10.3. The van der Waals surface area contributed by atoms with Crippen molar-refractivity contribution in [3.8, 4) is 12.3 Å². The molecule has 1 aromatic heterocycles. The summed E-state index contributed by atoms with van der Waals surface area (Å²) in [6.45, 7) is 2.01. The van der Waals surface area contributed by atoms with Gasteiger partial charge >= 0.3 is 0 Å². The fraction of sp³-hybridized carbons (Fsp3) is 0.529. The van der Waals surface area contributed by atoms with Gasteiger partial charge in [0.05, 0.1) is 17.2 Å². The average Bonchev–Trinajstić information content (AvgIpc) is 2.97. The Labute approximate surface area is 153 Å². The molecule has 1 rings (SSSR count). The monoisotopic (exact) mass is 366 g/mol. The topological polar surface area (TPSA) is 83.6 Å². The van der Waals surface area contributed by atoms with Crippen molar-refractivity contribution in [2.45, 2.75) is 25.1 Å². The van der Waals surface area contributed by atoms with Crippen LogP contribution in [0.25, 0.3) is 0 Å². The Morgan fingerprint density at radius 3 is 2.80 bits per heavy atom. The fourth-order valence-corrected chi connectivity index (χ4v) is 2.75. The maximum atomic E-state index is 10.6. The molecule has 0 unspecified atom stereocenters. The van der Waals surface area contributed by atoms with Crippen LogP contribution in [-0.2, 0) is 12.3 Å². The summed E-state index contributed by atoms with van der Waals surface area (Å²) >= 11 is 1.71. The van der Waals surface area contributed by atoms with Crippen LogP contribution in [-0.4, -0.2) is 42.8 Å². The van der Waals surface area contributed by atoms with Crippen LogP contribution in [0.3, 0.4) is 0 Å². The van der Waals surface area contributed by atoms with Gasteiger partial charge in [-0.3, -0.25) is 10.1 Å². The lowest BCUT2D eigenvalue weighted by molar-refractivity contribution is -0.404. The van der Waals surface area contributed by atoms with Crippen molar-refractivity contribution in [1.29, 1.82) is 0 Å². The molecule has 0 saturated heterocycles. The van der Waals surface area contributed by atoms with Crippen molar-refractivity contribution in [2.24, 2.45) is 0 Å². The number of terminal acetylenes is 1. The summed E-state index contributed by atoms with van der Waals surface area (Å²) in [5, 5.41) is 16.7. The Hall–Kier alpha value is -2.11. The summed E-state index contributed by atoms with van der Waals surface area (Å²) in [7, 11) is 4.00. The molecule has 0 aliphatic rings. The van der Waals surface area contributed by atoms with Gasteiger partial charge in [-0.05, 0) is 32.6 Å². The van der Waals surface area contributed by atoms with E-state index in [2.05, 4.69) is 21.5 Å². The zero-order valence-corrected chi connectivity index (χ0v) is 15.6.